The van der Waals surface area contributed by atoms with Gasteiger partial charge in [-0.05, 0) is 39.0 Å². The minimum absolute atomic E-state index is 0. The van der Waals surface area contributed by atoms with Crippen molar-refractivity contribution >= 4 is 35.6 Å². The third-order valence-corrected chi connectivity index (χ3v) is 3.52. The van der Waals surface area contributed by atoms with Gasteiger partial charge in [-0.15, -0.1) is 24.0 Å². The first-order valence-corrected chi connectivity index (χ1v) is 8.85. The molecule has 0 spiro atoms. The van der Waals surface area contributed by atoms with E-state index >= 15 is 0 Å². The van der Waals surface area contributed by atoms with Gasteiger partial charge in [-0.25, -0.2) is 4.99 Å². The largest absolute Gasteiger partial charge is 0.494 e. The fourth-order valence-corrected chi connectivity index (χ4v) is 2.42. The molecule has 7 heteroatoms. The van der Waals surface area contributed by atoms with E-state index in [0.717, 1.165) is 22.7 Å². The topological polar surface area (TPSA) is 78.1 Å². The molecule has 0 saturated heterocycles. The van der Waals surface area contributed by atoms with Crippen LogP contribution in [0.2, 0.25) is 0 Å². The van der Waals surface area contributed by atoms with Crippen LogP contribution in [0.3, 0.4) is 0 Å². The molecule has 3 N–H and O–H groups in total. The molecule has 0 amide bonds. The van der Waals surface area contributed by atoms with Gasteiger partial charge < -0.3 is 25.3 Å². The van der Waals surface area contributed by atoms with Crippen molar-refractivity contribution in [3.05, 3.63) is 48.0 Å². The molecule has 0 bridgehead atoms. The van der Waals surface area contributed by atoms with E-state index in [2.05, 4.69) is 10.3 Å². The molecule has 0 aromatic heterocycles. The molecule has 2 aromatic carbocycles. The van der Waals surface area contributed by atoms with Gasteiger partial charge >= 0.3 is 0 Å². The molecule has 2 rings (SSSR count). The number of anilines is 1. The lowest BCUT2D eigenvalue weighted by molar-refractivity contribution is 0.332. The molecule has 0 heterocycles. The van der Waals surface area contributed by atoms with Crippen molar-refractivity contribution in [2.45, 2.75) is 27.3 Å². The molecule has 148 valence electrons. The Labute approximate surface area is 178 Å². The average Bonchev–Trinajstić information content (AvgIpc) is 2.64. The molecular weight excluding hydrogens is 457 g/mol. The van der Waals surface area contributed by atoms with Crippen molar-refractivity contribution in [3.63, 3.8) is 0 Å². The second-order valence-electron chi connectivity index (χ2n) is 5.39. The maximum atomic E-state index is 6.07. The Morgan fingerprint density at radius 2 is 1.59 bits per heavy atom. The monoisotopic (exact) mass is 485 g/mol. The number of para-hydroxylation sites is 1. The number of hydrogen-bond acceptors (Lipinski definition) is 4. The minimum atomic E-state index is 0. The van der Waals surface area contributed by atoms with Crippen LogP contribution >= 0.6 is 24.0 Å². The summed E-state index contributed by atoms with van der Waals surface area (Å²) in [5, 5.41) is 3.10. The zero-order valence-electron chi connectivity index (χ0n) is 16.0. The Hall–Kier alpha value is -2.16. The molecule has 27 heavy (non-hydrogen) atoms. The summed E-state index contributed by atoms with van der Waals surface area (Å²) in [4.78, 5) is 4.42. The van der Waals surface area contributed by atoms with Gasteiger partial charge in [0, 0.05) is 11.6 Å². The van der Waals surface area contributed by atoms with E-state index in [-0.39, 0.29) is 24.0 Å². The average molecular weight is 485 g/mol. The first-order chi connectivity index (χ1) is 12.7. The van der Waals surface area contributed by atoms with E-state index in [0.29, 0.717) is 38.1 Å². The minimum Gasteiger partial charge on any atom is -0.494 e. The Kier molecular flexibility index (Phi) is 10.4. The fourth-order valence-electron chi connectivity index (χ4n) is 2.42. The quantitative estimate of drug-likeness (QED) is 0.312. The first kappa shape index (κ1) is 22.9. The highest BCUT2D eigenvalue weighted by Crippen LogP contribution is 2.29. The van der Waals surface area contributed by atoms with Crippen molar-refractivity contribution in [2.75, 3.05) is 25.1 Å². The summed E-state index contributed by atoms with van der Waals surface area (Å²) in [6.07, 6.45) is 0. The van der Waals surface area contributed by atoms with Gasteiger partial charge in [0.05, 0.1) is 32.1 Å². The van der Waals surface area contributed by atoms with Crippen molar-refractivity contribution < 1.29 is 14.2 Å². The van der Waals surface area contributed by atoms with E-state index in [1.54, 1.807) is 0 Å². The van der Waals surface area contributed by atoms with Gasteiger partial charge in [0.2, 0.25) is 0 Å². The molecule has 0 unspecified atom stereocenters. The number of nitrogens with one attached hydrogen (secondary N) is 1. The standard InChI is InChI=1S/C20H27N3O3.HI/c1-4-24-16-11-12-19(26-6-3)17(13-16)23-20(21)22-14-15-9-7-8-10-18(15)25-5-2;/h7-13H,4-6,14H2,1-3H3,(H3,21,22,23);1H. The summed E-state index contributed by atoms with van der Waals surface area (Å²) in [6, 6.07) is 13.4. The highest BCUT2D eigenvalue weighted by Gasteiger charge is 2.08. The number of nitrogens with two attached hydrogens (primary N) is 1. The molecular formula is C20H28IN3O3. The predicted molar refractivity (Wildman–Crippen MR) is 121 cm³/mol. The third kappa shape index (κ3) is 7.16. The number of benzene rings is 2. The maximum Gasteiger partial charge on any atom is 0.193 e. The van der Waals surface area contributed by atoms with Crippen LogP contribution in [0.15, 0.2) is 47.5 Å². The fraction of sp³-hybridized carbons (Fsp3) is 0.350. The number of nitrogens with zero attached hydrogens (tertiary/aromatic N) is 1. The summed E-state index contributed by atoms with van der Waals surface area (Å²) in [7, 11) is 0. The zero-order valence-corrected chi connectivity index (χ0v) is 18.4. The van der Waals surface area contributed by atoms with E-state index in [4.69, 9.17) is 19.9 Å². The van der Waals surface area contributed by atoms with Crippen LogP contribution in [-0.2, 0) is 6.54 Å². The van der Waals surface area contributed by atoms with Crippen LogP contribution in [0.25, 0.3) is 0 Å². The van der Waals surface area contributed by atoms with Crippen LogP contribution in [0.4, 0.5) is 5.69 Å². The summed E-state index contributed by atoms with van der Waals surface area (Å²) in [6.45, 7) is 8.00. The normalized spacial score (nSPS) is 10.7. The molecule has 0 aliphatic carbocycles. The molecule has 0 radical (unpaired) electrons. The van der Waals surface area contributed by atoms with E-state index in [1.807, 2.05) is 63.2 Å². The summed E-state index contributed by atoms with van der Waals surface area (Å²) in [5.74, 6) is 2.56. The molecule has 2 aromatic rings. The molecule has 0 saturated carbocycles. The highest BCUT2D eigenvalue weighted by atomic mass is 127. The third-order valence-electron chi connectivity index (χ3n) is 3.52. The van der Waals surface area contributed by atoms with Crippen molar-refractivity contribution in [2.24, 2.45) is 10.7 Å². The summed E-state index contributed by atoms with van der Waals surface area (Å²) in [5.41, 5.74) is 7.77. The number of rotatable bonds is 9. The Bertz CT molecular complexity index is 738. The van der Waals surface area contributed by atoms with Crippen LogP contribution in [0.5, 0.6) is 17.2 Å². The lowest BCUT2D eigenvalue weighted by atomic mass is 10.2. The zero-order chi connectivity index (χ0) is 18.8. The van der Waals surface area contributed by atoms with Gasteiger partial charge in [0.1, 0.15) is 17.2 Å². The Morgan fingerprint density at radius 1 is 0.926 bits per heavy atom. The molecule has 6 nitrogen and oxygen atoms in total. The SMILES string of the molecule is CCOc1ccc(OCC)c(NC(N)=NCc2ccccc2OCC)c1.I. The van der Waals surface area contributed by atoms with Gasteiger partial charge in [-0.1, -0.05) is 18.2 Å². The van der Waals surface area contributed by atoms with Crippen molar-refractivity contribution in [1.82, 2.24) is 0 Å². The van der Waals surface area contributed by atoms with Gasteiger partial charge in [-0.3, -0.25) is 0 Å². The second-order valence-corrected chi connectivity index (χ2v) is 5.39. The highest BCUT2D eigenvalue weighted by molar-refractivity contribution is 14.0. The Balaban J connectivity index is 0.00000364. The smallest absolute Gasteiger partial charge is 0.193 e. The van der Waals surface area contributed by atoms with Crippen molar-refractivity contribution in [1.29, 1.82) is 0 Å². The van der Waals surface area contributed by atoms with Crippen LogP contribution < -0.4 is 25.3 Å². The molecule has 0 fully saturated rings. The maximum absolute atomic E-state index is 6.07. The van der Waals surface area contributed by atoms with Crippen LogP contribution in [0.1, 0.15) is 26.3 Å². The van der Waals surface area contributed by atoms with Crippen LogP contribution in [0, 0.1) is 0 Å². The van der Waals surface area contributed by atoms with E-state index in [9.17, 15) is 0 Å². The van der Waals surface area contributed by atoms with Gasteiger partial charge in [-0.2, -0.15) is 0 Å². The van der Waals surface area contributed by atoms with Crippen LogP contribution in [-0.4, -0.2) is 25.8 Å². The summed E-state index contributed by atoms with van der Waals surface area (Å²) >= 11 is 0. The molecule has 0 atom stereocenters. The summed E-state index contributed by atoms with van der Waals surface area (Å²) < 4.78 is 16.8. The van der Waals surface area contributed by atoms with Gasteiger partial charge in [0.25, 0.3) is 0 Å². The van der Waals surface area contributed by atoms with E-state index < -0.39 is 0 Å². The predicted octanol–water partition coefficient (Wildman–Crippen LogP) is 4.43. The lowest BCUT2D eigenvalue weighted by Crippen LogP contribution is -2.23. The number of aliphatic imine (C=N–C) groups is 1. The van der Waals surface area contributed by atoms with Gasteiger partial charge in [0.15, 0.2) is 5.96 Å². The first-order valence-electron chi connectivity index (χ1n) is 8.85. The molecule has 0 aliphatic rings. The van der Waals surface area contributed by atoms with Crippen molar-refractivity contribution in [3.8, 4) is 17.2 Å². The number of guanidine groups is 1. The lowest BCUT2D eigenvalue weighted by Gasteiger charge is -2.14. The number of halogens is 1. The number of hydrogen-bond donors (Lipinski definition) is 2. The number of ether oxygens (including phenoxy) is 3. The molecule has 0 aliphatic heterocycles. The second kappa shape index (κ2) is 12.3. The van der Waals surface area contributed by atoms with E-state index in [1.165, 1.54) is 0 Å². The Morgan fingerprint density at radius 3 is 2.30 bits per heavy atom.